The summed E-state index contributed by atoms with van der Waals surface area (Å²) < 4.78 is 52.1. The van der Waals surface area contributed by atoms with Crippen molar-refractivity contribution in [2.45, 2.75) is 247 Å². The van der Waals surface area contributed by atoms with Crippen LogP contribution in [0.1, 0.15) is 233 Å². The number of carbonyl (C=O) groups is 3. The molecule has 0 spiro atoms. The molecule has 3 aliphatic heterocycles. The smallest absolute Gasteiger partial charge is 0.332 e. The molecule has 1 saturated carbocycles. The second-order valence-corrected chi connectivity index (χ2v) is 24.2. The third-order valence-electron chi connectivity index (χ3n) is 12.7. The number of halogens is 3. The van der Waals surface area contributed by atoms with Gasteiger partial charge in [-0.3, -0.25) is 14.5 Å². The van der Waals surface area contributed by atoms with Crippen LogP contribution >= 0.6 is 0 Å². The fourth-order valence-electron chi connectivity index (χ4n) is 6.92. The van der Waals surface area contributed by atoms with Gasteiger partial charge in [-0.2, -0.15) is 8.78 Å². The van der Waals surface area contributed by atoms with Gasteiger partial charge in [0.1, 0.15) is 0 Å². The van der Waals surface area contributed by atoms with Crippen molar-refractivity contribution in [1.29, 1.82) is 0 Å². The number of ether oxygens (including phenoxy) is 4. The summed E-state index contributed by atoms with van der Waals surface area (Å²) in [7, 11) is 3.36. The summed E-state index contributed by atoms with van der Waals surface area (Å²) in [4.78, 5) is 32.3. The summed E-state index contributed by atoms with van der Waals surface area (Å²) >= 11 is 0. The lowest BCUT2D eigenvalue weighted by atomic mass is 9.84. The number of benzene rings is 2. The van der Waals surface area contributed by atoms with Crippen molar-refractivity contribution in [3.05, 3.63) is 214 Å². The Bertz CT molecular complexity index is 2280. The molecule has 0 amide bonds. The lowest BCUT2D eigenvalue weighted by Crippen LogP contribution is -2.39. The molecule has 0 bridgehead atoms. The summed E-state index contributed by atoms with van der Waals surface area (Å²) in [6.07, 6.45) is 30.4. The maximum atomic E-state index is 11.0. The SMILES string of the molecule is C/C=C/C(C)=O.C1CCC2OC2C1.C=C(C)C.C=C(C)C(=O)OC.C=C(C)C(C)=O.C=C(C)c1ccccc1.C=CC(C)C=C.C=CCC(C)CC=C.C=CCN(C)CC=C.CC.CC.CC(F)=C(F)F.CCC.CCCC1(C)CO1.CCCC1(C)COC1.c1ccc2c(c1)CC2. The second kappa shape index (κ2) is 77.1. The predicted molar refractivity (Wildman–Crippen MR) is 424 cm³/mol. The molecule has 5 aliphatic rings. The first-order chi connectivity index (χ1) is 45.6. The first kappa shape index (κ1) is 109. The monoisotopic (exact) mass is 1360 g/mol. The Kier molecular flexibility index (Phi) is 87.0. The van der Waals surface area contributed by atoms with Crippen molar-refractivity contribution in [1.82, 2.24) is 4.90 Å². The van der Waals surface area contributed by atoms with Gasteiger partial charge in [-0.25, -0.2) is 9.18 Å². The van der Waals surface area contributed by atoms with Crippen LogP contribution in [0.15, 0.2) is 198 Å². The molecule has 558 valence electrons. The van der Waals surface area contributed by atoms with Gasteiger partial charge in [0.05, 0.1) is 44.7 Å². The molecular weight excluding hydrogens is 1220 g/mol. The highest BCUT2D eigenvalue weighted by Crippen LogP contribution is 2.36. The molecule has 7 rings (SSSR count). The number of allylic oxidation sites excluding steroid dienone is 10. The number of hydrogen-bond donors (Lipinski definition) is 0. The number of epoxide rings is 2. The summed E-state index contributed by atoms with van der Waals surface area (Å²) in [5.74, 6) is -0.391. The van der Waals surface area contributed by atoms with Crippen molar-refractivity contribution in [2.75, 3.05) is 47.1 Å². The van der Waals surface area contributed by atoms with E-state index in [1.54, 1.807) is 31.1 Å². The number of likely N-dealkylation sites (N-methyl/N-ethyl adjacent to an activating group) is 1. The maximum Gasteiger partial charge on any atom is 0.332 e. The lowest BCUT2D eigenvalue weighted by Gasteiger charge is -2.37. The van der Waals surface area contributed by atoms with Gasteiger partial charge in [0.15, 0.2) is 17.4 Å². The van der Waals surface area contributed by atoms with Crippen molar-refractivity contribution >= 4 is 23.1 Å². The molecule has 4 fully saturated rings. The van der Waals surface area contributed by atoms with Gasteiger partial charge in [-0.1, -0.05) is 236 Å². The average Bonchev–Trinajstić information content (AvgIpc) is 1.73. The average molecular weight is 1360 g/mol. The number of carbonyl (C=O) groups excluding carboxylic acids is 3. The minimum atomic E-state index is -2.24. The normalized spacial score (nSPS) is 15.1. The molecule has 3 unspecified atom stereocenters. The van der Waals surface area contributed by atoms with E-state index < -0.39 is 11.9 Å². The van der Waals surface area contributed by atoms with E-state index in [0.29, 0.717) is 47.2 Å². The largest absolute Gasteiger partial charge is 0.466 e. The molecule has 3 atom stereocenters. The van der Waals surface area contributed by atoms with Crippen LogP contribution in [-0.2, 0) is 46.2 Å². The molecule has 2 aliphatic carbocycles. The predicted octanol–water partition coefficient (Wildman–Crippen LogP) is 25.5. The molecule has 0 aromatic heterocycles. The van der Waals surface area contributed by atoms with Crippen molar-refractivity contribution < 1.29 is 46.5 Å². The van der Waals surface area contributed by atoms with E-state index in [9.17, 15) is 27.6 Å². The van der Waals surface area contributed by atoms with Crippen LogP contribution in [0.25, 0.3) is 5.57 Å². The van der Waals surface area contributed by atoms with Crippen LogP contribution in [0.3, 0.4) is 0 Å². The number of ketones is 2. The van der Waals surface area contributed by atoms with Crippen LogP contribution in [0.4, 0.5) is 13.2 Å². The molecule has 2 aromatic carbocycles. The van der Waals surface area contributed by atoms with Gasteiger partial charge < -0.3 is 18.9 Å². The minimum absolute atomic E-state index is 0.0648. The van der Waals surface area contributed by atoms with Gasteiger partial charge in [0.25, 0.3) is 0 Å². The van der Waals surface area contributed by atoms with E-state index in [1.807, 2.05) is 124 Å². The summed E-state index contributed by atoms with van der Waals surface area (Å²) in [6, 6.07) is 18.8. The van der Waals surface area contributed by atoms with Gasteiger partial charge >= 0.3 is 12.0 Å². The van der Waals surface area contributed by atoms with Crippen LogP contribution < -0.4 is 0 Å². The molecule has 0 N–H and O–H groups in total. The van der Waals surface area contributed by atoms with E-state index in [0.717, 1.165) is 57.2 Å². The summed E-state index contributed by atoms with van der Waals surface area (Å²) in [5.41, 5.74) is 8.51. The molecule has 97 heavy (non-hydrogen) atoms. The molecule has 11 heteroatoms. The quantitative estimate of drug-likeness (QED) is 0.0630. The second-order valence-electron chi connectivity index (χ2n) is 24.2. The van der Waals surface area contributed by atoms with Crippen molar-refractivity contribution in [3.63, 3.8) is 0 Å². The lowest BCUT2D eigenvalue weighted by molar-refractivity contribution is -0.136. The zero-order valence-corrected chi connectivity index (χ0v) is 66.4. The molecule has 0 radical (unpaired) electrons. The summed E-state index contributed by atoms with van der Waals surface area (Å²) in [5, 5.41) is 0. The van der Waals surface area contributed by atoms with E-state index in [2.05, 4.69) is 160 Å². The fourth-order valence-corrected chi connectivity index (χ4v) is 6.92. The highest BCUT2D eigenvalue weighted by atomic mass is 19.3. The zero-order chi connectivity index (χ0) is 77.4. The number of methoxy groups -OCH3 is 1. The third-order valence-corrected chi connectivity index (χ3v) is 12.7. The van der Waals surface area contributed by atoms with Gasteiger partial charge in [-0.15, -0.1) is 46.1 Å². The number of aryl methyl sites for hydroxylation is 2. The zero-order valence-electron chi connectivity index (χ0n) is 66.4. The fraction of sp³-hybridized carbons (Fsp3) is 0.547. The topological polar surface area (TPSA) is 98.0 Å². The van der Waals surface area contributed by atoms with Gasteiger partial charge in [-0.05, 0) is 168 Å². The van der Waals surface area contributed by atoms with Crippen LogP contribution in [-0.4, -0.2) is 87.3 Å². The Labute approximate surface area is 596 Å². The van der Waals surface area contributed by atoms with Crippen LogP contribution in [0.2, 0.25) is 0 Å². The van der Waals surface area contributed by atoms with E-state index in [-0.39, 0.29) is 17.5 Å². The molecule has 8 nitrogen and oxygen atoms in total. The van der Waals surface area contributed by atoms with E-state index >= 15 is 0 Å². The number of nitrogens with zero attached hydrogens (tertiary/aromatic N) is 1. The first-order valence-electron chi connectivity index (χ1n) is 34.9. The van der Waals surface area contributed by atoms with E-state index in [1.165, 1.54) is 109 Å². The number of hydrogen-bond acceptors (Lipinski definition) is 8. The first-order valence-corrected chi connectivity index (χ1v) is 34.9. The van der Waals surface area contributed by atoms with E-state index in [4.69, 9.17) is 14.2 Å². The van der Waals surface area contributed by atoms with Crippen LogP contribution in [0, 0.1) is 17.3 Å². The highest BCUT2D eigenvalue weighted by molar-refractivity contribution is 5.91. The number of rotatable bonds is 18. The maximum absolute atomic E-state index is 11.0. The van der Waals surface area contributed by atoms with Crippen molar-refractivity contribution in [2.24, 2.45) is 17.3 Å². The highest BCUT2D eigenvalue weighted by Gasteiger charge is 2.40. The molecular formula is C86H146F3NO7. The Hall–Kier alpha value is -6.24. The van der Waals surface area contributed by atoms with Gasteiger partial charge in [0, 0.05) is 24.1 Å². The third kappa shape index (κ3) is 87.7. The Morgan fingerprint density at radius 1 is 0.649 bits per heavy atom. The number of esters is 1. The summed E-state index contributed by atoms with van der Waals surface area (Å²) in [6.45, 7) is 80.8. The Morgan fingerprint density at radius 3 is 1.16 bits per heavy atom. The minimum Gasteiger partial charge on any atom is -0.466 e. The standard InChI is InChI=1S/C9H10.C8H8.C8H14.C7H13N.C7H14O.C6H10O.C6H12O.C6H10.C5H8O2.2C5H8O.C4H8.C3H3F3.C3H8.2C2H6/c1-8(2)9-6-4-3-5-7-9;1-2-4-8-6-5-7(8)3-1;2*1-4-6-8(3)7-5-2;1-3-4-7(2)5-8-6-7;1-2-4-6-5(3-1)7-6;1-3-4-6(2)5-7-6;1-4-6(3)5-2;1-4(2)5(6)7-3;1-4(2)5(3)6;1-3-4-5(2)6;1-4(2)3;1-2(4)3(5)6;1-3-2;2*1-2/h3-7H,1H2,2H3;1-4H,5-6H2;4-5,8H,1-2,6-7H2,3H3;4-5H,1-2,6-7H2,3H3;3-6H2,1-2H3;5-6H,1-4H2;3-5H2,1-2H3;4-6H,1-2H2,3H3;1H2,2-3H3;1H2,2-3H3;3-4H,1-2H3;1H2,2-3H3;1H3;3H2,1-2H3;2*1-2H3/b;;;;;;;;;;4-3+;;;;;. The van der Waals surface area contributed by atoms with Crippen LogP contribution in [0.5, 0.6) is 0 Å². The molecule has 3 heterocycles. The number of fused-ring (bicyclic) bond motifs is 2. The Morgan fingerprint density at radius 2 is 1.02 bits per heavy atom. The van der Waals surface area contributed by atoms with Crippen molar-refractivity contribution in [3.8, 4) is 0 Å². The Balaban J connectivity index is -0.000000123. The number of Topliss-reactive ketones (excluding diaryl/α,β-unsaturated/α-hetero) is 1. The molecule has 2 aromatic rings. The van der Waals surface area contributed by atoms with Gasteiger partial charge in [0.2, 0.25) is 0 Å². The molecule has 3 saturated heterocycles.